The first kappa shape index (κ1) is 39.6. The fraction of sp³-hybridized carbons (Fsp3) is 0.806. The molecule has 0 aromatic rings. The lowest BCUT2D eigenvalue weighted by Crippen LogP contribution is -2.50. The molecule has 2 N–H and O–H groups in total. The number of hydrogen-bond donors (Lipinski definition) is 2. The van der Waals surface area contributed by atoms with Crippen LogP contribution in [0.3, 0.4) is 0 Å². The molecule has 0 radical (unpaired) electrons. The molecule has 0 bridgehead atoms. The molecular weight excluding hydrogens is 589 g/mol. The van der Waals surface area contributed by atoms with Crippen molar-refractivity contribution < 1.29 is 37.1 Å². The quantitative estimate of drug-likeness (QED) is 0.0806. The van der Waals surface area contributed by atoms with E-state index in [1.807, 2.05) is 0 Å². The zero-order valence-electron chi connectivity index (χ0n) is 27.7. The first-order valence-electron chi connectivity index (χ1n) is 15.2. The molecule has 0 aromatic heterocycles. The summed E-state index contributed by atoms with van der Waals surface area (Å²) in [6, 6.07) is 0.661. The van der Waals surface area contributed by atoms with Crippen molar-refractivity contribution in [1.82, 2.24) is 10.6 Å². The van der Waals surface area contributed by atoms with Gasteiger partial charge in [-0.2, -0.15) is 0 Å². The molecule has 12 heteroatoms. The van der Waals surface area contributed by atoms with Gasteiger partial charge in [0.15, 0.2) is 0 Å². The largest absolute Gasteiger partial charge is 0.500 e. The van der Waals surface area contributed by atoms with Gasteiger partial charge in [-0.3, -0.25) is 4.79 Å². The molecule has 1 saturated carbocycles. The smallest absolute Gasteiger partial charge is 0.449 e. The van der Waals surface area contributed by atoms with Gasteiger partial charge in [0.2, 0.25) is 0 Å². The maximum atomic E-state index is 12.9. The highest BCUT2D eigenvalue weighted by atomic mass is 32.2. The van der Waals surface area contributed by atoms with Crippen molar-refractivity contribution in [3.05, 3.63) is 25.3 Å². The van der Waals surface area contributed by atoms with E-state index >= 15 is 0 Å². The number of alkyl carbamates (subject to hydrolysis) is 1. The van der Waals surface area contributed by atoms with E-state index in [1.54, 1.807) is 33.5 Å². The highest BCUT2D eigenvalue weighted by Crippen LogP contribution is 2.46. The summed E-state index contributed by atoms with van der Waals surface area (Å²) in [4.78, 5) is 25.7. The first-order chi connectivity index (χ1) is 20.4. The zero-order valence-corrected chi connectivity index (χ0v) is 29.5. The van der Waals surface area contributed by atoms with E-state index in [-0.39, 0.29) is 28.7 Å². The van der Waals surface area contributed by atoms with Crippen LogP contribution in [0.1, 0.15) is 66.2 Å². The number of amides is 2. The van der Waals surface area contributed by atoms with Crippen LogP contribution in [0.4, 0.5) is 9.59 Å². The number of rotatable bonds is 22. The van der Waals surface area contributed by atoms with Crippen LogP contribution in [0, 0.1) is 16.2 Å². The Bertz CT molecular complexity index is 835. The van der Waals surface area contributed by atoms with E-state index in [1.165, 1.54) is 11.8 Å². The van der Waals surface area contributed by atoms with Crippen LogP contribution in [0.2, 0.25) is 6.04 Å². The van der Waals surface area contributed by atoms with Crippen LogP contribution < -0.4 is 10.6 Å². The van der Waals surface area contributed by atoms with Crippen molar-refractivity contribution in [3.8, 4) is 0 Å². The standard InChI is InChI=1S/C31H58N2O8SSi/c1-10-14-31(23-39-15-11-2,24-40-16-12-3)25-41-27(34)32-22-30(6)20-26(19-29(4,5)21-30)33-28(35)42-17-13-18-43(36-7,37-8)38-9/h11-12,26H,2-3,10,13-25H2,1,4-9H3,(H,32,34)(H,33,35). The SMILES string of the molecule is C=CCOCC(CCC)(COCC=C)COC(=O)NCC1(C)CC(NC(=O)SCCC[Si](OC)(OC)OC)CC(C)(C)C1. The van der Waals surface area contributed by atoms with Crippen LogP contribution in [0.25, 0.3) is 0 Å². The van der Waals surface area contributed by atoms with Gasteiger partial charge in [0.25, 0.3) is 5.24 Å². The van der Waals surface area contributed by atoms with Crippen LogP contribution >= 0.6 is 11.8 Å². The normalized spacial score (nSPS) is 20.3. The lowest BCUT2D eigenvalue weighted by atomic mass is 9.62. The molecule has 10 nitrogen and oxygen atoms in total. The summed E-state index contributed by atoms with van der Waals surface area (Å²) in [5.74, 6) is 0.647. The van der Waals surface area contributed by atoms with Crippen molar-refractivity contribution in [2.45, 2.75) is 78.3 Å². The fourth-order valence-corrected chi connectivity index (χ4v) is 8.94. The molecule has 1 aliphatic rings. The van der Waals surface area contributed by atoms with Gasteiger partial charge in [-0.1, -0.05) is 58.0 Å². The highest BCUT2D eigenvalue weighted by molar-refractivity contribution is 8.13. The summed E-state index contributed by atoms with van der Waals surface area (Å²) < 4.78 is 33.7. The Hall–Kier alpha value is -1.41. The maximum Gasteiger partial charge on any atom is 0.500 e. The van der Waals surface area contributed by atoms with Crippen LogP contribution in [0.5, 0.6) is 0 Å². The van der Waals surface area contributed by atoms with E-state index in [4.69, 9.17) is 27.5 Å². The van der Waals surface area contributed by atoms with Gasteiger partial charge in [0.05, 0.1) is 31.8 Å². The summed E-state index contributed by atoms with van der Waals surface area (Å²) in [5.41, 5.74) is -0.657. The van der Waals surface area contributed by atoms with Gasteiger partial charge >= 0.3 is 14.9 Å². The second kappa shape index (κ2) is 19.9. The van der Waals surface area contributed by atoms with Gasteiger partial charge in [-0.25, -0.2) is 4.79 Å². The molecule has 0 aromatic carbocycles. The Balaban J connectivity index is 2.69. The average molecular weight is 647 g/mol. The minimum atomic E-state index is -2.63. The molecule has 0 saturated heterocycles. The second-order valence-corrected chi connectivity index (χ2v) is 16.9. The van der Waals surface area contributed by atoms with Gasteiger partial charge < -0.3 is 38.1 Å². The van der Waals surface area contributed by atoms with Gasteiger partial charge in [0.1, 0.15) is 6.61 Å². The van der Waals surface area contributed by atoms with Crippen molar-refractivity contribution in [1.29, 1.82) is 0 Å². The van der Waals surface area contributed by atoms with Gasteiger partial charge in [-0.05, 0) is 42.9 Å². The monoisotopic (exact) mass is 646 g/mol. The molecule has 1 fully saturated rings. The fourth-order valence-electron chi connectivity index (χ4n) is 6.23. The molecule has 1 rings (SSSR count). The molecule has 1 aliphatic carbocycles. The van der Waals surface area contributed by atoms with Crippen molar-refractivity contribution in [2.24, 2.45) is 16.2 Å². The number of nitrogens with one attached hydrogen (secondary N) is 2. The molecule has 43 heavy (non-hydrogen) atoms. The zero-order chi connectivity index (χ0) is 32.4. The number of thioether (sulfide) groups is 1. The van der Waals surface area contributed by atoms with E-state index in [2.05, 4.69) is 51.5 Å². The van der Waals surface area contributed by atoms with E-state index < -0.39 is 20.3 Å². The Kier molecular flexibility index (Phi) is 18.3. The third-order valence-corrected chi connectivity index (χ3v) is 11.5. The van der Waals surface area contributed by atoms with Crippen molar-refractivity contribution in [3.63, 3.8) is 0 Å². The lowest BCUT2D eigenvalue weighted by molar-refractivity contribution is -0.0495. The predicted octanol–water partition coefficient (Wildman–Crippen LogP) is 6.20. The first-order valence-corrected chi connectivity index (χ1v) is 18.1. The third-order valence-electron chi connectivity index (χ3n) is 7.80. The van der Waals surface area contributed by atoms with Gasteiger partial charge in [-0.15, -0.1) is 13.2 Å². The molecule has 0 heterocycles. The van der Waals surface area contributed by atoms with Crippen molar-refractivity contribution >= 4 is 31.9 Å². The number of carbonyl (C=O) groups excluding carboxylic acids is 2. The summed E-state index contributed by atoms with van der Waals surface area (Å²) in [6.45, 7) is 18.4. The lowest BCUT2D eigenvalue weighted by Gasteiger charge is -2.46. The Morgan fingerprint density at radius 2 is 1.60 bits per heavy atom. The number of carbonyl (C=O) groups is 2. The molecule has 2 amide bonds. The summed E-state index contributed by atoms with van der Waals surface area (Å²) in [7, 11) is 2.15. The number of ether oxygens (including phenoxy) is 3. The summed E-state index contributed by atoms with van der Waals surface area (Å²) in [6.07, 6.45) is 7.94. The van der Waals surface area contributed by atoms with Crippen LogP contribution in [-0.2, 0) is 27.5 Å². The van der Waals surface area contributed by atoms with E-state index in [9.17, 15) is 9.59 Å². The Morgan fingerprint density at radius 1 is 1.00 bits per heavy atom. The van der Waals surface area contributed by atoms with E-state index in [0.717, 1.165) is 38.5 Å². The summed E-state index contributed by atoms with van der Waals surface area (Å²) >= 11 is 1.27. The number of hydrogen-bond acceptors (Lipinski definition) is 9. The van der Waals surface area contributed by atoms with Gasteiger partial charge in [0, 0.05) is 45.7 Å². The molecule has 2 atom stereocenters. The second-order valence-electron chi connectivity index (χ2n) is 12.7. The topological polar surface area (TPSA) is 114 Å². The highest BCUT2D eigenvalue weighted by Gasteiger charge is 2.42. The predicted molar refractivity (Wildman–Crippen MR) is 175 cm³/mol. The van der Waals surface area contributed by atoms with Crippen LogP contribution in [-0.4, -0.2) is 92.8 Å². The van der Waals surface area contributed by atoms with E-state index in [0.29, 0.717) is 44.8 Å². The summed E-state index contributed by atoms with van der Waals surface area (Å²) in [5, 5.41) is 6.18. The van der Waals surface area contributed by atoms with Crippen molar-refractivity contribution in [2.75, 3.05) is 66.7 Å². The molecular formula is C31H58N2O8SSi. The molecule has 0 aliphatic heterocycles. The Morgan fingerprint density at radius 3 is 2.14 bits per heavy atom. The molecule has 250 valence electrons. The third kappa shape index (κ3) is 14.9. The Labute approximate surface area is 265 Å². The minimum absolute atomic E-state index is 0.00303. The minimum Gasteiger partial charge on any atom is -0.449 e. The average Bonchev–Trinajstić information content (AvgIpc) is 2.95. The maximum absolute atomic E-state index is 12.9. The molecule has 0 spiro atoms. The van der Waals surface area contributed by atoms with Crippen LogP contribution in [0.15, 0.2) is 25.3 Å². The molecule has 2 unspecified atom stereocenters.